The summed E-state index contributed by atoms with van der Waals surface area (Å²) < 4.78 is 0.606. The van der Waals surface area contributed by atoms with E-state index in [0.29, 0.717) is 16.1 Å². The molecule has 0 aliphatic rings. The number of rotatable bonds is 4. The smallest absolute Gasteiger partial charge is 0.311 e. The van der Waals surface area contributed by atoms with Gasteiger partial charge in [-0.3, -0.25) is 15.1 Å². The van der Waals surface area contributed by atoms with E-state index >= 15 is 0 Å². The summed E-state index contributed by atoms with van der Waals surface area (Å²) in [6.07, 6.45) is 2.79. The van der Waals surface area contributed by atoms with E-state index in [2.05, 4.69) is 40.1 Å². The zero-order valence-corrected chi connectivity index (χ0v) is 11.0. The number of nitro groups is 1. The van der Waals surface area contributed by atoms with Crippen LogP contribution in [0.1, 0.15) is 20.8 Å². The third-order valence-electron chi connectivity index (χ3n) is 2.45. The van der Waals surface area contributed by atoms with Gasteiger partial charge in [0.25, 0.3) is 0 Å². The number of hydrogen-bond acceptors (Lipinski definition) is 4. The van der Waals surface area contributed by atoms with Crippen LogP contribution in [0.5, 0.6) is 0 Å². The number of pyridine rings is 1. The molecule has 1 rings (SSSR count). The maximum absolute atomic E-state index is 10.8. The highest BCUT2D eigenvalue weighted by atomic mass is 79.9. The molecule has 1 N–H and O–H groups in total. The number of anilines is 1. The molecule has 0 saturated carbocycles. The largest absolute Gasteiger partial charge is 0.376 e. The highest BCUT2D eigenvalue weighted by Crippen LogP contribution is 2.32. The summed E-state index contributed by atoms with van der Waals surface area (Å²) >= 11 is 3.26. The lowest BCUT2D eigenvalue weighted by Gasteiger charge is -2.19. The second-order valence-corrected chi connectivity index (χ2v) is 4.80. The lowest BCUT2D eigenvalue weighted by molar-refractivity contribution is -0.384. The second kappa shape index (κ2) is 5.25. The molecule has 1 heterocycles. The Labute approximate surface area is 103 Å². The van der Waals surface area contributed by atoms with E-state index < -0.39 is 4.92 Å². The molecule has 0 radical (unpaired) electrons. The maximum Gasteiger partial charge on any atom is 0.311 e. The van der Waals surface area contributed by atoms with Crippen molar-refractivity contribution in [3.8, 4) is 0 Å². The molecule has 0 amide bonds. The topological polar surface area (TPSA) is 68.1 Å². The van der Waals surface area contributed by atoms with Crippen molar-refractivity contribution < 1.29 is 4.92 Å². The van der Waals surface area contributed by atoms with Crippen molar-refractivity contribution in [1.82, 2.24) is 4.98 Å². The molecule has 1 aromatic rings. The standard InChI is InChI=1S/C10H14BrN3O2/c1-6(2)7(3)13-10-8(11)4-12-5-9(10)14(15)16/h4-7H,1-3H3,(H,12,13). The fourth-order valence-corrected chi connectivity index (χ4v) is 1.54. The van der Waals surface area contributed by atoms with Crippen molar-refractivity contribution in [1.29, 1.82) is 0 Å². The third kappa shape index (κ3) is 2.91. The van der Waals surface area contributed by atoms with Crippen molar-refractivity contribution in [2.45, 2.75) is 26.8 Å². The predicted octanol–water partition coefficient (Wildman–Crippen LogP) is 3.21. The van der Waals surface area contributed by atoms with E-state index in [4.69, 9.17) is 0 Å². The molecular weight excluding hydrogens is 274 g/mol. The summed E-state index contributed by atoms with van der Waals surface area (Å²) in [6, 6.07) is 0.150. The minimum atomic E-state index is -0.437. The summed E-state index contributed by atoms with van der Waals surface area (Å²) in [4.78, 5) is 14.2. The van der Waals surface area contributed by atoms with Crippen molar-refractivity contribution in [3.63, 3.8) is 0 Å². The molecule has 1 unspecified atom stereocenters. The minimum Gasteiger partial charge on any atom is -0.376 e. The Morgan fingerprint density at radius 1 is 1.44 bits per heavy atom. The van der Waals surface area contributed by atoms with Gasteiger partial charge in [-0.1, -0.05) is 13.8 Å². The van der Waals surface area contributed by atoms with Gasteiger partial charge in [-0.25, -0.2) is 0 Å². The van der Waals surface area contributed by atoms with Gasteiger partial charge in [-0.05, 0) is 28.8 Å². The number of halogens is 1. The van der Waals surface area contributed by atoms with E-state index in [-0.39, 0.29) is 11.7 Å². The van der Waals surface area contributed by atoms with Gasteiger partial charge in [-0.2, -0.15) is 0 Å². The summed E-state index contributed by atoms with van der Waals surface area (Å²) in [6.45, 7) is 6.10. The first-order valence-corrected chi connectivity index (χ1v) is 5.77. The van der Waals surface area contributed by atoms with Crippen molar-refractivity contribution in [3.05, 3.63) is 27.0 Å². The van der Waals surface area contributed by atoms with Gasteiger partial charge in [-0.15, -0.1) is 0 Å². The van der Waals surface area contributed by atoms with Crippen molar-refractivity contribution in [2.75, 3.05) is 5.32 Å². The minimum absolute atomic E-state index is 0.0122. The molecule has 5 nitrogen and oxygen atoms in total. The third-order valence-corrected chi connectivity index (χ3v) is 3.05. The fourth-order valence-electron chi connectivity index (χ4n) is 1.10. The molecule has 0 aliphatic heterocycles. The normalized spacial score (nSPS) is 12.6. The molecule has 6 heteroatoms. The van der Waals surface area contributed by atoms with Crippen LogP contribution in [0.15, 0.2) is 16.9 Å². The van der Waals surface area contributed by atoms with Crippen LogP contribution in [0.4, 0.5) is 11.4 Å². The van der Waals surface area contributed by atoms with Crippen LogP contribution >= 0.6 is 15.9 Å². The number of aromatic nitrogens is 1. The van der Waals surface area contributed by atoms with Crippen LogP contribution in [0.2, 0.25) is 0 Å². The maximum atomic E-state index is 10.8. The Morgan fingerprint density at radius 2 is 2.06 bits per heavy atom. The van der Waals surface area contributed by atoms with Crippen LogP contribution in [0, 0.1) is 16.0 Å². The van der Waals surface area contributed by atoms with E-state index in [1.807, 2.05) is 6.92 Å². The van der Waals surface area contributed by atoms with Gasteiger partial charge >= 0.3 is 5.69 Å². The lowest BCUT2D eigenvalue weighted by Crippen LogP contribution is -2.22. The van der Waals surface area contributed by atoms with Crippen LogP contribution in [-0.2, 0) is 0 Å². The van der Waals surface area contributed by atoms with E-state index in [0.717, 1.165) is 0 Å². The van der Waals surface area contributed by atoms with Crippen LogP contribution in [-0.4, -0.2) is 15.9 Å². The monoisotopic (exact) mass is 287 g/mol. The zero-order chi connectivity index (χ0) is 12.3. The van der Waals surface area contributed by atoms with Gasteiger partial charge in [0.2, 0.25) is 0 Å². The molecule has 0 aromatic carbocycles. The van der Waals surface area contributed by atoms with Gasteiger partial charge in [0.15, 0.2) is 0 Å². The summed E-state index contributed by atoms with van der Waals surface area (Å²) in [5, 5.41) is 14.0. The zero-order valence-electron chi connectivity index (χ0n) is 9.40. The number of hydrogen-bond donors (Lipinski definition) is 1. The molecule has 0 spiro atoms. The Bertz CT molecular complexity index is 396. The molecule has 1 aromatic heterocycles. The Hall–Kier alpha value is -1.17. The van der Waals surface area contributed by atoms with Crippen molar-refractivity contribution in [2.24, 2.45) is 5.92 Å². The first kappa shape index (κ1) is 12.9. The Morgan fingerprint density at radius 3 is 2.56 bits per heavy atom. The van der Waals surface area contributed by atoms with Crippen LogP contribution in [0.3, 0.4) is 0 Å². The van der Waals surface area contributed by atoms with E-state index in [1.54, 1.807) is 6.20 Å². The Kier molecular flexibility index (Phi) is 4.23. The number of nitrogens with zero attached hydrogens (tertiary/aromatic N) is 2. The highest BCUT2D eigenvalue weighted by Gasteiger charge is 2.19. The molecular formula is C10H14BrN3O2. The van der Waals surface area contributed by atoms with Gasteiger partial charge in [0, 0.05) is 12.2 Å². The van der Waals surface area contributed by atoms with E-state index in [1.165, 1.54) is 6.20 Å². The first-order chi connectivity index (χ1) is 7.43. The average molecular weight is 288 g/mol. The van der Waals surface area contributed by atoms with E-state index in [9.17, 15) is 10.1 Å². The van der Waals surface area contributed by atoms with Crippen molar-refractivity contribution >= 4 is 27.3 Å². The summed E-state index contributed by atoms with van der Waals surface area (Å²) in [5.41, 5.74) is 0.475. The SMILES string of the molecule is CC(C)C(C)Nc1c(Br)cncc1[N+](=O)[O-]. The fraction of sp³-hybridized carbons (Fsp3) is 0.500. The molecule has 0 bridgehead atoms. The number of nitrogens with one attached hydrogen (secondary N) is 1. The molecule has 0 saturated heterocycles. The molecule has 16 heavy (non-hydrogen) atoms. The quantitative estimate of drug-likeness (QED) is 0.682. The lowest BCUT2D eigenvalue weighted by atomic mass is 10.1. The van der Waals surface area contributed by atoms with Gasteiger partial charge < -0.3 is 5.32 Å². The molecule has 0 aliphatic carbocycles. The summed E-state index contributed by atoms with van der Waals surface area (Å²) in [5.74, 6) is 0.389. The summed E-state index contributed by atoms with van der Waals surface area (Å²) in [7, 11) is 0. The highest BCUT2D eigenvalue weighted by molar-refractivity contribution is 9.10. The Balaban J connectivity index is 3.06. The van der Waals surface area contributed by atoms with Crippen LogP contribution < -0.4 is 5.32 Å². The van der Waals surface area contributed by atoms with Gasteiger partial charge in [0.05, 0.1) is 9.40 Å². The molecule has 1 atom stereocenters. The molecule has 88 valence electrons. The first-order valence-electron chi connectivity index (χ1n) is 4.98. The van der Waals surface area contributed by atoms with Gasteiger partial charge in [0.1, 0.15) is 11.9 Å². The molecule has 0 fully saturated rings. The second-order valence-electron chi connectivity index (χ2n) is 3.95. The average Bonchev–Trinajstić information content (AvgIpc) is 2.20. The van der Waals surface area contributed by atoms with Crippen LogP contribution in [0.25, 0.3) is 0 Å². The predicted molar refractivity (Wildman–Crippen MR) is 66.5 cm³/mol.